The van der Waals surface area contributed by atoms with E-state index in [0.29, 0.717) is 6.04 Å². The number of rotatable bonds is 6. The average Bonchev–Trinajstić information content (AvgIpc) is 2.26. The van der Waals surface area contributed by atoms with Gasteiger partial charge in [-0.2, -0.15) is 0 Å². The molecule has 1 atom stereocenters. The summed E-state index contributed by atoms with van der Waals surface area (Å²) in [6.45, 7) is 4.09. The Bertz CT molecular complexity index is 295. The van der Waals surface area contributed by atoms with Gasteiger partial charge in [0.1, 0.15) is 5.82 Å². The van der Waals surface area contributed by atoms with Crippen LogP contribution in [-0.2, 0) is 0 Å². The van der Waals surface area contributed by atoms with Crippen LogP contribution in [0.1, 0.15) is 24.9 Å². The van der Waals surface area contributed by atoms with Crippen LogP contribution < -0.4 is 5.32 Å². The van der Waals surface area contributed by atoms with Crippen molar-refractivity contribution in [3.05, 3.63) is 35.6 Å². The number of benzene rings is 1. The van der Waals surface area contributed by atoms with Crippen molar-refractivity contribution in [1.29, 1.82) is 0 Å². The van der Waals surface area contributed by atoms with Gasteiger partial charge in [-0.3, -0.25) is 0 Å². The molecule has 90 valence electrons. The van der Waals surface area contributed by atoms with Crippen LogP contribution in [-0.4, -0.2) is 32.1 Å². The first kappa shape index (κ1) is 13.1. The summed E-state index contributed by atoms with van der Waals surface area (Å²) in [5.41, 5.74) is 1.16. The smallest absolute Gasteiger partial charge is 0.123 e. The number of hydrogen-bond acceptors (Lipinski definition) is 2. The maximum absolute atomic E-state index is 12.8. The SMILES string of the molecule is CCC(NCCN(C)C)c1ccc(F)cc1. The fraction of sp³-hybridized carbons (Fsp3) is 0.538. The maximum Gasteiger partial charge on any atom is 0.123 e. The van der Waals surface area contributed by atoms with Crippen LogP contribution in [0.3, 0.4) is 0 Å². The van der Waals surface area contributed by atoms with Gasteiger partial charge in [0, 0.05) is 19.1 Å². The van der Waals surface area contributed by atoms with Gasteiger partial charge in [-0.25, -0.2) is 4.39 Å². The molecule has 1 N–H and O–H groups in total. The average molecular weight is 224 g/mol. The van der Waals surface area contributed by atoms with E-state index in [0.717, 1.165) is 25.1 Å². The lowest BCUT2D eigenvalue weighted by Crippen LogP contribution is -2.29. The second kappa shape index (κ2) is 6.61. The second-order valence-corrected chi connectivity index (χ2v) is 4.27. The van der Waals surface area contributed by atoms with E-state index in [1.165, 1.54) is 12.1 Å². The van der Waals surface area contributed by atoms with Gasteiger partial charge in [0.05, 0.1) is 0 Å². The molecule has 0 saturated carbocycles. The minimum atomic E-state index is -0.174. The molecule has 0 aromatic heterocycles. The quantitative estimate of drug-likeness (QED) is 0.798. The van der Waals surface area contributed by atoms with Gasteiger partial charge in [-0.05, 0) is 38.2 Å². The highest BCUT2D eigenvalue weighted by Gasteiger charge is 2.07. The Morgan fingerprint density at radius 1 is 1.25 bits per heavy atom. The van der Waals surface area contributed by atoms with Gasteiger partial charge in [-0.15, -0.1) is 0 Å². The van der Waals surface area contributed by atoms with Crippen molar-refractivity contribution < 1.29 is 4.39 Å². The molecule has 16 heavy (non-hydrogen) atoms. The molecule has 1 unspecified atom stereocenters. The number of halogens is 1. The zero-order valence-electron chi connectivity index (χ0n) is 10.3. The van der Waals surface area contributed by atoms with Crippen molar-refractivity contribution in [2.45, 2.75) is 19.4 Å². The molecule has 0 aliphatic carbocycles. The minimum absolute atomic E-state index is 0.174. The predicted molar refractivity (Wildman–Crippen MR) is 66.0 cm³/mol. The fourth-order valence-electron chi connectivity index (χ4n) is 1.66. The summed E-state index contributed by atoms with van der Waals surface area (Å²) in [7, 11) is 4.11. The molecule has 3 heteroatoms. The predicted octanol–water partition coefficient (Wildman–Crippen LogP) is 2.43. The lowest BCUT2D eigenvalue weighted by Gasteiger charge is -2.19. The lowest BCUT2D eigenvalue weighted by atomic mass is 10.0. The summed E-state index contributed by atoms with van der Waals surface area (Å²) in [4.78, 5) is 2.14. The third-order valence-corrected chi connectivity index (χ3v) is 2.63. The van der Waals surface area contributed by atoms with E-state index in [2.05, 4.69) is 31.2 Å². The Morgan fingerprint density at radius 3 is 2.38 bits per heavy atom. The van der Waals surface area contributed by atoms with E-state index in [1.54, 1.807) is 0 Å². The van der Waals surface area contributed by atoms with E-state index in [-0.39, 0.29) is 5.82 Å². The third kappa shape index (κ3) is 4.29. The largest absolute Gasteiger partial charge is 0.309 e. The summed E-state index contributed by atoms with van der Waals surface area (Å²) in [5.74, 6) is -0.174. The van der Waals surface area contributed by atoms with Crippen molar-refractivity contribution in [3.8, 4) is 0 Å². The highest BCUT2D eigenvalue weighted by Crippen LogP contribution is 2.16. The molecular weight excluding hydrogens is 203 g/mol. The van der Waals surface area contributed by atoms with E-state index in [9.17, 15) is 4.39 Å². The molecule has 0 saturated heterocycles. The summed E-state index contributed by atoms with van der Waals surface area (Å²) >= 11 is 0. The van der Waals surface area contributed by atoms with Crippen LogP contribution in [0, 0.1) is 5.82 Å². The fourth-order valence-corrected chi connectivity index (χ4v) is 1.66. The maximum atomic E-state index is 12.8. The van der Waals surface area contributed by atoms with Gasteiger partial charge in [0.25, 0.3) is 0 Å². The number of likely N-dealkylation sites (N-methyl/N-ethyl adjacent to an activating group) is 1. The second-order valence-electron chi connectivity index (χ2n) is 4.27. The van der Waals surface area contributed by atoms with E-state index >= 15 is 0 Å². The molecule has 1 aromatic rings. The molecule has 0 bridgehead atoms. The van der Waals surface area contributed by atoms with Crippen LogP contribution in [0.2, 0.25) is 0 Å². The highest BCUT2D eigenvalue weighted by atomic mass is 19.1. The molecular formula is C13H21FN2. The van der Waals surface area contributed by atoms with Crippen molar-refractivity contribution in [2.24, 2.45) is 0 Å². The summed E-state index contributed by atoms with van der Waals surface area (Å²) in [6, 6.07) is 7.07. The molecule has 0 spiro atoms. The number of nitrogens with one attached hydrogen (secondary N) is 1. The first-order valence-corrected chi connectivity index (χ1v) is 5.77. The first-order valence-electron chi connectivity index (χ1n) is 5.77. The van der Waals surface area contributed by atoms with Crippen molar-refractivity contribution >= 4 is 0 Å². The van der Waals surface area contributed by atoms with Crippen molar-refractivity contribution in [3.63, 3.8) is 0 Å². The zero-order chi connectivity index (χ0) is 12.0. The van der Waals surface area contributed by atoms with Crippen molar-refractivity contribution in [2.75, 3.05) is 27.2 Å². The van der Waals surface area contributed by atoms with E-state index < -0.39 is 0 Å². The zero-order valence-corrected chi connectivity index (χ0v) is 10.3. The summed E-state index contributed by atoms with van der Waals surface area (Å²) in [5, 5.41) is 3.47. The Labute approximate surface area is 97.5 Å². The van der Waals surface area contributed by atoms with Gasteiger partial charge >= 0.3 is 0 Å². The number of nitrogens with zero attached hydrogens (tertiary/aromatic N) is 1. The molecule has 0 fully saturated rings. The van der Waals surface area contributed by atoms with E-state index in [1.807, 2.05) is 12.1 Å². The molecule has 1 rings (SSSR count). The first-order chi connectivity index (χ1) is 7.63. The van der Waals surface area contributed by atoms with Crippen molar-refractivity contribution in [1.82, 2.24) is 10.2 Å². The molecule has 0 radical (unpaired) electrons. The van der Waals surface area contributed by atoms with Gasteiger partial charge < -0.3 is 10.2 Å². The molecule has 0 amide bonds. The summed E-state index contributed by atoms with van der Waals surface area (Å²) < 4.78 is 12.8. The third-order valence-electron chi connectivity index (χ3n) is 2.63. The normalized spacial score (nSPS) is 13.1. The highest BCUT2D eigenvalue weighted by molar-refractivity contribution is 5.19. The Kier molecular flexibility index (Phi) is 5.43. The standard InChI is InChI=1S/C13H21FN2/c1-4-13(15-9-10-16(2)3)11-5-7-12(14)8-6-11/h5-8,13,15H,4,9-10H2,1-3H3. The monoisotopic (exact) mass is 224 g/mol. The van der Waals surface area contributed by atoms with Crippen LogP contribution in [0.15, 0.2) is 24.3 Å². The van der Waals surface area contributed by atoms with Gasteiger partial charge in [-0.1, -0.05) is 19.1 Å². The Morgan fingerprint density at radius 2 is 1.88 bits per heavy atom. The molecule has 0 heterocycles. The van der Waals surface area contributed by atoms with Gasteiger partial charge in [0.15, 0.2) is 0 Å². The van der Waals surface area contributed by atoms with Crippen LogP contribution in [0.5, 0.6) is 0 Å². The molecule has 1 aromatic carbocycles. The van der Waals surface area contributed by atoms with Crippen LogP contribution in [0.25, 0.3) is 0 Å². The molecule has 0 aliphatic heterocycles. The Hall–Kier alpha value is -0.930. The topological polar surface area (TPSA) is 15.3 Å². The van der Waals surface area contributed by atoms with Crippen LogP contribution >= 0.6 is 0 Å². The molecule has 0 aliphatic rings. The van der Waals surface area contributed by atoms with Gasteiger partial charge in [0.2, 0.25) is 0 Å². The minimum Gasteiger partial charge on any atom is -0.309 e. The molecule has 2 nitrogen and oxygen atoms in total. The van der Waals surface area contributed by atoms with Crippen LogP contribution in [0.4, 0.5) is 4.39 Å². The summed E-state index contributed by atoms with van der Waals surface area (Å²) in [6.07, 6.45) is 1.01. The van der Waals surface area contributed by atoms with E-state index in [4.69, 9.17) is 0 Å². The Balaban J connectivity index is 2.50. The lowest BCUT2D eigenvalue weighted by molar-refractivity contribution is 0.382. The number of hydrogen-bond donors (Lipinski definition) is 1.